The number of urea groups is 2. The van der Waals surface area contributed by atoms with Gasteiger partial charge in [0.2, 0.25) is 17.7 Å². The monoisotopic (exact) mass is 681 g/mol. The van der Waals surface area contributed by atoms with E-state index in [2.05, 4.69) is 15.5 Å². The van der Waals surface area contributed by atoms with Gasteiger partial charge in [-0.05, 0) is 64.3 Å². The molecule has 3 aliphatic heterocycles. The summed E-state index contributed by atoms with van der Waals surface area (Å²) in [4.78, 5) is 59.5. The van der Waals surface area contributed by atoms with Gasteiger partial charge >= 0.3 is 12.1 Å². The smallest absolute Gasteiger partial charge is 0.336 e. The molecule has 0 aromatic carbocycles. The van der Waals surface area contributed by atoms with Crippen LogP contribution in [0.2, 0.25) is 0 Å². The summed E-state index contributed by atoms with van der Waals surface area (Å²) in [5.41, 5.74) is 0. The van der Waals surface area contributed by atoms with Crippen LogP contribution in [0.5, 0.6) is 0 Å². The second kappa shape index (κ2) is 17.3. The Labute approximate surface area is 284 Å². The van der Waals surface area contributed by atoms with Crippen molar-refractivity contribution in [2.24, 2.45) is 0 Å². The van der Waals surface area contributed by atoms with Crippen LogP contribution < -0.4 is 10.6 Å². The van der Waals surface area contributed by atoms with Crippen molar-refractivity contribution in [1.82, 2.24) is 35.4 Å². The predicted octanol–water partition coefficient (Wildman–Crippen LogP) is 3.95. The molecular weight excluding hydrogens is 624 g/mol. The van der Waals surface area contributed by atoms with E-state index in [9.17, 15) is 28.0 Å². The predicted molar refractivity (Wildman–Crippen MR) is 176 cm³/mol. The van der Waals surface area contributed by atoms with Crippen LogP contribution in [0, 0.1) is 0 Å². The molecule has 5 rings (SSSR count). The number of morpholine rings is 1. The van der Waals surface area contributed by atoms with Crippen LogP contribution in [0.1, 0.15) is 103 Å². The summed E-state index contributed by atoms with van der Waals surface area (Å²) in [6, 6.07) is -1.74. The van der Waals surface area contributed by atoms with E-state index in [4.69, 9.17) is 4.74 Å². The first-order valence-electron chi connectivity index (χ1n) is 18.5. The zero-order valence-corrected chi connectivity index (χ0v) is 28.8. The van der Waals surface area contributed by atoms with Crippen LogP contribution in [0.3, 0.4) is 0 Å². The van der Waals surface area contributed by atoms with Crippen LogP contribution in [0.4, 0.5) is 18.4 Å². The van der Waals surface area contributed by atoms with E-state index in [1.165, 1.54) is 6.92 Å². The third kappa shape index (κ3) is 10.1. The number of nitrogens with zero attached hydrogens (tertiary/aromatic N) is 5. The Morgan fingerprint density at radius 2 is 1.23 bits per heavy atom. The summed E-state index contributed by atoms with van der Waals surface area (Å²) in [5.74, 6) is -2.58. The molecule has 2 N–H and O–H groups in total. The minimum Gasteiger partial charge on any atom is -0.379 e. The van der Waals surface area contributed by atoms with E-state index < -0.39 is 12.0 Å². The zero-order valence-electron chi connectivity index (χ0n) is 28.8. The van der Waals surface area contributed by atoms with Crippen molar-refractivity contribution in [3.63, 3.8) is 0 Å². The highest BCUT2D eigenvalue weighted by Gasteiger charge is 2.42. The summed E-state index contributed by atoms with van der Waals surface area (Å²) >= 11 is 0. The molecule has 0 spiro atoms. The maximum atomic E-state index is 14.3. The molecule has 2 aliphatic carbocycles. The summed E-state index contributed by atoms with van der Waals surface area (Å²) in [6.07, 6.45) is 8.03. The van der Waals surface area contributed by atoms with Crippen molar-refractivity contribution < 1.29 is 32.7 Å². The zero-order chi connectivity index (χ0) is 34.1. The van der Waals surface area contributed by atoms with E-state index in [0.29, 0.717) is 58.3 Å². The summed E-state index contributed by atoms with van der Waals surface area (Å²) in [7, 11) is 0. The Kier molecular flexibility index (Phi) is 13.1. The second-order valence-electron chi connectivity index (χ2n) is 14.5. The number of carbonyl (C=O) groups is 4. The van der Waals surface area contributed by atoms with Crippen LogP contribution in [0.15, 0.2) is 0 Å². The van der Waals surface area contributed by atoms with Gasteiger partial charge in [0.15, 0.2) is 0 Å². The fourth-order valence-electron chi connectivity index (χ4n) is 8.01. The van der Waals surface area contributed by atoms with Crippen LogP contribution in [-0.2, 0) is 14.3 Å². The standard InChI is InChI=1S/C34H57F2N7O5/c1-26(44)40-20-13-30(14-21-40)43(32(46)37-27-9-15-34(35,36)16-10-27)42(29-6-3-2-4-7-29)33(47)38-28-11-18-41(19-12-28)31(45)8-5-17-39-22-24-48-25-23-39/h27-30H,2-25H2,1H3,(H,37,46)(H,38,47). The number of rotatable bonds is 8. The van der Waals surface area contributed by atoms with Gasteiger partial charge in [0, 0.05) is 77.5 Å². The molecule has 6 amide bonds. The van der Waals surface area contributed by atoms with Crippen LogP contribution in [-0.4, -0.2) is 138 Å². The van der Waals surface area contributed by atoms with Gasteiger partial charge in [-0.15, -0.1) is 0 Å². The molecule has 0 atom stereocenters. The Balaban J connectivity index is 1.22. The number of likely N-dealkylation sites (tertiary alicyclic amines) is 2. The Hall–Kier alpha value is -2.74. The molecule has 3 saturated heterocycles. The number of piperidine rings is 2. The van der Waals surface area contributed by atoms with Crippen LogP contribution in [0.25, 0.3) is 0 Å². The molecule has 0 aromatic rings. The first kappa shape index (κ1) is 36.5. The van der Waals surface area contributed by atoms with Gasteiger partial charge < -0.3 is 25.2 Å². The molecule has 0 radical (unpaired) electrons. The van der Waals surface area contributed by atoms with Gasteiger partial charge in [-0.2, -0.15) is 0 Å². The van der Waals surface area contributed by atoms with Crippen molar-refractivity contribution in [2.45, 2.75) is 133 Å². The number of carbonyl (C=O) groups excluding carboxylic acids is 4. The lowest BCUT2D eigenvalue weighted by atomic mass is 9.92. The summed E-state index contributed by atoms with van der Waals surface area (Å²) in [6.45, 7) is 7.86. The van der Waals surface area contributed by atoms with Crippen molar-refractivity contribution in [1.29, 1.82) is 0 Å². The maximum absolute atomic E-state index is 14.3. The molecule has 48 heavy (non-hydrogen) atoms. The molecule has 3 heterocycles. The van der Waals surface area contributed by atoms with E-state index in [0.717, 1.165) is 71.4 Å². The van der Waals surface area contributed by atoms with Gasteiger partial charge in [0.25, 0.3) is 0 Å². The van der Waals surface area contributed by atoms with Gasteiger partial charge in [-0.1, -0.05) is 19.3 Å². The number of hydrogen-bond acceptors (Lipinski definition) is 6. The molecular formula is C34H57F2N7O5. The van der Waals surface area contributed by atoms with Crippen molar-refractivity contribution in [3.8, 4) is 0 Å². The number of halogens is 2. The third-order valence-electron chi connectivity index (χ3n) is 11.0. The lowest BCUT2D eigenvalue weighted by Gasteiger charge is -2.48. The van der Waals surface area contributed by atoms with Gasteiger partial charge in [-0.3, -0.25) is 14.5 Å². The summed E-state index contributed by atoms with van der Waals surface area (Å²) in [5, 5.41) is 9.47. The SMILES string of the molecule is CC(=O)N1CCC(N(C(=O)NC2CCC(F)(F)CC2)N(C(=O)NC2CCN(C(=O)CCCN3CCOCC3)CC2)C2CCCCC2)CC1. The van der Waals surface area contributed by atoms with E-state index in [-0.39, 0.29) is 67.7 Å². The van der Waals surface area contributed by atoms with Crippen molar-refractivity contribution in [2.75, 3.05) is 59.0 Å². The second-order valence-corrected chi connectivity index (χ2v) is 14.5. The molecule has 5 fully saturated rings. The number of nitrogens with one attached hydrogen (secondary N) is 2. The number of hydrogen-bond donors (Lipinski definition) is 2. The molecule has 5 aliphatic rings. The third-order valence-corrected chi connectivity index (χ3v) is 11.0. The number of alkyl halides is 2. The van der Waals surface area contributed by atoms with Gasteiger partial charge in [0.05, 0.1) is 25.3 Å². The molecule has 14 heteroatoms. The quantitative estimate of drug-likeness (QED) is 0.375. The first-order valence-corrected chi connectivity index (χ1v) is 18.5. The molecule has 12 nitrogen and oxygen atoms in total. The van der Waals surface area contributed by atoms with Gasteiger partial charge in [0.1, 0.15) is 0 Å². The van der Waals surface area contributed by atoms with Crippen LogP contribution >= 0.6 is 0 Å². The van der Waals surface area contributed by atoms with Gasteiger partial charge in [-0.25, -0.2) is 28.4 Å². The minimum atomic E-state index is -2.71. The molecule has 272 valence electrons. The molecule has 0 bridgehead atoms. The fraction of sp³-hybridized carbons (Fsp3) is 0.882. The highest BCUT2D eigenvalue weighted by atomic mass is 19.3. The van der Waals surface area contributed by atoms with Crippen molar-refractivity contribution >= 4 is 23.9 Å². The normalized spacial score (nSPS) is 23.8. The molecule has 2 saturated carbocycles. The topological polar surface area (TPSA) is 118 Å². The highest BCUT2D eigenvalue weighted by molar-refractivity contribution is 5.81. The Bertz CT molecular complexity index is 1080. The van der Waals surface area contributed by atoms with E-state index in [1.807, 2.05) is 4.90 Å². The molecule has 0 aromatic heterocycles. The van der Waals surface area contributed by atoms with E-state index >= 15 is 0 Å². The Morgan fingerprint density at radius 3 is 1.79 bits per heavy atom. The van der Waals surface area contributed by atoms with Crippen molar-refractivity contribution in [3.05, 3.63) is 0 Å². The number of amides is 6. The number of hydrazine groups is 1. The van der Waals surface area contributed by atoms with E-state index in [1.54, 1.807) is 14.9 Å². The lowest BCUT2D eigenvalue weighted by Crippen LogP contribution is -2.66. The minimum absolute atomic E-state index is 0.0172. The Morgan fingerprint density at radius 1 is 0.708 bits per heavy atom. The fourth-order valence-corrected chi connectivity index (χ4v) is 8.01. The highest BCUT2D eigenvalue weighted by Crippen LogP contribution is 2.34. The summed E-state index contributed by atoms with van der Waals surface area (Å²) < 4.78 is 33.2. The average Bonchev–Trinajstić information content (AvgIpc) is 3.09. The molecule has 0 unspecified atom stereocenters. The maximum Gasteiger partial charge on any atom is 0.336 e. The first-order chi connectivity index (χ1) is 23.1. The largest absolute Gasteiger partial charge is 0.379 e. The average molecular weight is 682 g/mol. The lowest BCUT2D eigenvalue weighted by molar-refractivity contribution is -0.133. The number of ether oxygens (including phenoxy) is 1.